The molecule has 0 saturated carbocycles. The number of hydrogen-bond donors (Lipinski definition) is 1. The molecule has 0 spiro atoms. The summed E-state index contributed by atoms with van der Waals surface area (Å²) in [6.07, 6.45) is 3.20. The normalized spacial score (nSPS) is 27.6. The van der Waals surface area contributed by atoms with Gasteiger partial charge in [-0.05, 0) is 25.8 Å². The lowest BCUT2D eigenvalue weighted by Crippen LogP contribution is -2.42. The zero-order chi connectivity index (χ0) is 11.5. The van der Waals surface area contributed by atoms with Crippen LogP contribution in [0.25, 0.3) is 0 Å². The standard InChI is InChI=1S/C12H22N4/c1-10-8-13-11(2)4-7-16(9-10)12-5-6-15(3)14-12/h5-6,10-11,13H,4,7-9H2,1-3H3. The fourth-order valence-corrected chi connectivity index (χ4v) is 2.17. The minimum Gasteiger partial charge on any atom is -0.355 e. The van der Waals surface area contributed by atoms with Crippen LogP contribution in [0.15, 0.2) is 12.3 Å². The minimum atomic E-state index is 0.606. The number of nitrogens with one attached hydrogen (secondary N) is 1. The van der Waals surface area contributed by atoms with Crippen molar-refractivity contribution in [3.63, 3.8) is 0 Å². The lowest BCUT2D eigenvalue weighted by molar-refractivity contribution is 0.409. The van der Waals surface area contributed by atoms with Gasteiger partial charge in [0.2, 0.25) is 0 Å². The Hall–Kier alpha value is -1.03. The van der Waals surface area contributed by atoms with Gasteiger partial charge in [-0.2, -0.15) is 5.10 Å². The summed E-state index contributed by atoms with van der Waals surface area (Å²) in [7, 11) is 1.97. The molecule has 1 fully saturated rings. The van der Waals surface area contributed by atoms with Gasteiger partial charge < -0.3 is 10.2 Å². The summed E-state index contributed by atoms with van der Waals surface area (Å²) in [5.74, 6) is 1.79. The molecule has 1 aliphatic rings. The van der Waals surface area contributed by atoms with E-state index in [1.807, 2.05) is 17.9 Å². The van der Waals surface area contributed by atoms with Gasteiger partial charge in [0.15, 0.2) is 5.82 Å². The zero-order valence-electron chi connectivity index (χ0n) is 10.5. The van der Waals surface area contributed by atoms with E-state index in [1.165, 1.54) is 6.42 Å². The third kappa shape index (κ3) is 2.76. The molecule has 1 aromatic rings. The van der Waals surface area contributed by atoms with Crippen molar-refractivity contribution >= 4 is 5.82 Å². The molecular formula is C12H22N4. The van der Waals surface area contributed by atoms with Crippen LogP contribution in [-0.2, 0) is 7.05 Å². The predicted molar refractivity (Wildman–Crippen MR) is 66.7 cm³/mol. The van der Waals surface area contributed by atoms with Crippen molar-refractivity contribution in [2.45, 2.75) is 26.3 Å². The highest BCUT2D eigenvalue weighted by atomic mass is 15.3. The predicted octanol–water partition coefficient (Wildman–Crippen LogP) is 1.24. The zero-order valence-corrected chi connectivity index (χ0v) is 10.5. The van der Waals surface area contributed by atoms with Crippen LogP contribution in [0.3, 0.4) is 0 Å². The Kier molecular flexibility index (Phi) is 3.49. The topological polar surface area (TPSA) is 33.1 Å². The Balaban J connectivity index is 2.06. The molecule has 1 aromatic heterocycles. The van der Waals surface area contributed by atoms with Gasteiger partial charge in [0.25, 0.3) is 0 Å². The van der Waals surface area contributed by atoms with Crippen molar-refractivity contribution in [2.75, 3.05) is 24.5 Å². The number of hydrogen-bond acceptors (Lipinski definition) is 3. The molecule has 1 N–H and O–H groups in total. The van der Waals surface area contributed by atoms with E-state index in [-0.39, 0.29) is 0 Å². The Morgan fingerprint density at radius 2 is 2.25 bits per heavy atom. The van der Waals surface area contributed by atoms with Crippen LogP contribution in [0.1, 0.15) is 20.3 Å². The van der Waals surface area contributed by atoms with Gasteiger partial charge in [0.1, 0.15) is 0 Å². The van der Waals surface area contributed by atoms with Crippen LogP contribution < -0.4 is 10.2 Å². The van der Waals surface area contributed by atoms with E-state index in [0.717, 1.165) is 25.5 Å². The van der Waals surface area contributed by atoms with Gasteiger partial charge in [-0.25, -0.2) is 0 Å². The maximum atomic E-state index is 4.49. The lowest BCUT2D eigenvalue weighted by atomic mass is 10.1. The smallest absolute Gasteiger partial charge is 0.150 e. The third-order valence-electron chi connectivity index (χ3n) is 3.20. The fraction of sp³-hybridized carbons (Fsp3) is 0.750. The Morgan fingerprint density at radius 1 is 1.44 bits per heavy atom. The Labute approximate surface area is 97.6 Å². The van der Waals surface area contributed by atoms with E-state index in [2.05, 4.69) is 35.2 Å². The highest BCUT2D eigenvalue weighted by Gasteiger charge is 2.17. The van der Waals surface area contributed by atoms with Crippen molar-refractivity contribution in [3.05, 3.63) is 12.3 Å². The van der Waals surface area contributed by atoms with Crippen molar-refractivity contribution in [3.8, 4) is 0 Å². The second kappa shape index (κ2) is 4.87. The van der Waals surface area contributed by atoms with Crippen LogP contribution >= 0.6 is 0 Å². The SMILES string of the molecule is CC1CNC(C)CCN(c2ccn(C)n2)C1. The first-order valence-electron chi connectivity index (χ1n) is 6.13. The van der Waals surface area contributed by atoms with Crippen LogP contribution in [0.2, 0.25) is 0 Å². The summed E-state index contributed by atoms with van der Waals surface area (Å²) in [5.41, 5.74) is 0. The fourth-order valence-electron chi connectivity index (χ4n) is 2.17. The molecule has 1 aliphatic heterocycles. The molecular weight excluding hydrogens is 200 g/mol. The number of rotatable bonds is 1. The summed E-state index contributed by atoms with van der Waals surface area (Å²) in [4.78, 5) is 2.40. The molecule has 4 heteroatoms. The average Bonchev–Trinajstić information content (AvgIpc) is 2.65. The van der Waals surface area contributed by atoms with Gasteiger partial charge >= 0.3 is 0 Å². The van der Waals surface area contributed by atoms with E-state index in [0.29, 0.717) is 12.0 Å². The van der Waals surface area contributed by atoms with Gasteiger partial charge in [-0.1, -0.05) is 6.92 Å². The molecule has 0 bridgehead atoms. The summed E-state index contributed by atoms with van der Waals surface area (Å²) in [6.45, 7) is 7.84. The van der Waals surface area contributed by atoms with Crippen molar-refractivity contribution in [1.29, 1.82) is 0 Å². The van der Waals surface area contributed by atoms with Crippen LogP contribution in [-0.4, -0.2) is 35.5 Å². The van der Waals surface area contributed by atoms with Crippen molar-refractivity contribution in [2.24, 2.45) is 13.0 Å². The second-order valence-electron chi connectivity index (χ2n) is 5.00. The molecule has 0 aromatic carbocycles. The van der Waals surface area contributed by atoms with E-state index in [1.54, 1.807) is 0 Å². The Bertz CT molecular complexity index is 334. The summed E-state index contributed by atoms with van der Waals surface area (Å²) >= 11 is 0. The summed E-state index contributed by atoms with van der Waals surface area (Å²) in [5, 5.41) is 8.05. The molecule has 0 aliphatic carbocycles. The lowest BCUT2D eigenvalue weighted by Gasteiger charge is -2.31. The molecule has 1 saturated heterocycles. The number of anilines is 1. The maximum Gasteiger partial charge on any atom is 0.150 e. The molecule has 2 unspecified atom stereocenters. The highest BCUT2D eigenvalue weighted by Crippen LogP contribution is 2.15. The van der Waals surface area contributed by atoms with E-state index < -0.39 is 0 Å². The first kappa shape index (κ1) is 11.5. The van der Waals surface area contributed by atoms with E-state index in [9.17, 15) is 0 Å². The molecule has 0 radical (unpaired) electrons. The van der Waals surface area contributed by atoms with Crippen molar-refractivity contribution < 1.29 is 0 Å². The number of nitrogens with zero attached hydrogens (tertiary/aromatic N) is 3. The first-order valence-corrected chi connectivity index (χ1v) is 6.13. The second-order valence-corrected chi connectivity index (χ2v) is 5.00. The molecule has 90 valence electrons. The quantitative estimate of drug-likeness (QED) is 0.776. The molecule has 2 atom stereocenters. The van der Waals surface area contributed by atoms with Gasteiger partial charge in [0.05, 0.1) is 0 Å². The molecule has 2 rings (SSSR count). The van der Waals surface area contributed by atoms with Crippen molar-refractivity contribution in [1.82, 2.24) is 15.1 Å². The number of aromatic nitrogens is 2. The van der Waals surface area contributed by atoms with E-state index >= 15 is 0 Å². The van der Waals surface area contributed by atoms with Crippen LogP contribution in [0.4, 0.5) is 5.82 Å². The van der Waals surface area contributed by atoms with Gasteiger partial charge in [-0.15, -0.1) is 0 Å². The summed E-state index contributed by atoms with van der Waals surface area (Å²) in [6, 6.07) is 2.71. The molecule has 0 amide bonds. The van der Waals surface area contributed by atoms with Crippen LogP contribution in [0.5, 0.6) is 0 Å². The number of aryl methyl sites for hydroxylation is 1. The van der Waals surface area contributed by atoms with Gasteiger partial charge in [0, 0.05) is 38.4 Å². The highest BCUT2D eigenvalue weighted by molar-refractivity contribution is 5.36. The molecule has 2 heterocycles. The Morgan fingerprint density at radius 3 is 2.94 bits per heavy atom. The maximum absolute atomic E-state index is 4.49. The summed E-state index contributed by atoms with van der Waals surface area (Å²) < 4.78 is 1.88. The molecule has 16 heavy (non-hydrogen) atoms. The third-order valence-corrected chi connectivity index (χ3v) is 3.20. The largest absolute Gasteiger partial charge is 0.355 e. The average molecular weight is 222 g/mol. The monoisotopic (exact) mass is 222 g/mol. The van der Waals surface area contributed by atoms with Crippen LogP contribution in [0, 0.1) is 5.92 Å². The first-order chi connectivity index (χ1) is 7.65. The van der Waals surface area contributed by atoms with E-state index in [4.69, 9.17) is 0 Å². The van der Waals surface area contributed by atoms with Gasteiger partial charge in [-0.3, -0.25) is 4.68 Å². The minimum absolute atomic E-state index is 0.606. The molecule has 4 nitrogen and oxygen atoms in total.